The van der Waals surface area contributed by atoms with Gasteiger partial charge in [-0.25, -0.2) is 0 Å². The van der Waals surface area contributed by atoms with Crippen molar-refractivity contribution in [2.45, 2.75) is 18.9 Å². The molecule has 0 unspecified atom stereocenters. The zero-order chi connectivity index (χ0) is 16.1. The number of amides is 3. The van der Waals surface area contributed by atoms with E-state index in [9.17, 15) is 14.4 Å². The van der Waals surface area contributed by atoms with Crippen LogP contribution in [0.1, 0.15) is 18.4 Å². The number of benzene rings is 1. The zero-order valence-electron chi connectivity index (χ0n) is 11.4. The van der Waals surface area contributed by atoms with Crippen LogP contribution in [0.2, 0.25) is 10.0 Å². The molecule has 0 aromatic heterocycles. The largest absolute Gasteiger partial charge is 0.345 e. The molecule has 0 aliphatic heterocycles. The van der Waals surface area contributed by atoms with Crippen molar-refractivity contribution in [1.29, 1.82) is 0 Å². The van der Waals surface area contributed by atoms with E-state index in [-0.39, 0.29) is 6.04 Å². The van der Waals surface area contributed by atoms with Gasteiger partial charge >= 0.3 is 11.8 Å². The van der Waals surface area contributed by atoms with E-state index in [1.54, 1.807) is 18.2 Å². The number of hydrazine groups is 1. The van der Waals surface area contributed by atoms with Crippen molar-refractivity contribution >= 4 is 47.0 Å². The Morgan fingerprint density at radius 3 is 2.41 bits per heavy atom. The fraction of sp³-hybridized carbons (Fsp3) is 0.214. The summed E-state index contributed by atoms with van der Waals surface area (Å²) in [5.41, 5.74) is 4.80. The third kappa shape index (κ3) is 5.05. The summed E-state index contributed by atoms with van der Waals surface area (Å²) in [5, 5.41) is 3.28. The monoisotopic (exact) mass is 341 g/mol. The molecule has 0 saturated heterocycles. The number of carbonyl (C=O) groups is 3. The second-order valence-corrected chi connectivity index (χ2v) is 5.51. The van der Waals surface area contributed by atoms with Gasteiger partial charge in [0.2, 0.25) is 0 Å². The van der Waals surface area contributed by atoms with E-state index in [1.165, 1.54) is 12.2 Å². The summed E-state index contributed by atoms with van der Waals surface area (Å²) in [4.78, 5) is 34.2. The quantitative estimate of drug-likeness (QED) is 0.441. The lowest BCUT2D eigenvalue weighted by Gasteiger charge is -2.05. The van der Waals surface area contributed by atoms with Gasteiger partial charge in [-0.2, -0.15) is 0 Å². The third-order valence-corrected chi connectivity index (χ3v) is 3.53. The van der Waals surface area contributed by atoms with Gasteiger partial charge in [0.15, 0.2) is 0 Å². The van der Waals surface area contributed by atoms with Crippen molar-refractivity contribution in [3.8, 4) is 0 Å². The van der Waals surface area contributed by atoms with Gasteiger partial charge in [0, 0.05) is 12.1 Å². The Hall–Kier alpha value is -2.05. The van der Waals surface area contributed by atoms with Gasteiger partial charge in [-0.15, -0.1) is 0 Å². The highest BCUT2D eigenvalue weighted by molar-refractivity contribution is 6.42. The summed E-state index contributed by atoms with van der Waals surface area (Å²) < 4.78 is 0. The SMILES string of the molecule is O=C(/C=C/c1ccc(Cl)c(Cl)c1)NNC(=O)C(=O)NC1CC1. The zero-order valence-corrected chi connectivity index (χ0v) is 12.9. The van der Waals surface area contributed by atoms with Crippen LogP contribution in [0.15, 0.2) is 24.3 Å². The molecule has 1 fully saturated rings. The van der Waals surface area contributed by atoms with Crippen LogP contribution >= 0.6 is 23.2 Å². The smallest absolute Gasteiger partial charge is 0.327 e. The summed E-state index contributed by atoms with van der Waals surface area (Å²) in [6.45, 7) is 0. The molecule has 22 heavy (non-hydrogen) atoms. The van der Waals surface area contributed by atoms with Gasteiger partial charge in [0.05, 0.1) is 10.0 Å². The normalized spacial score (nSPS) is 13.7. The molecule has 1 aliphatic carbocycles. The van der Waals surface area contributed by atoms with Gasteiger partial charge in [0.1, 0.15) is 0 Å². The lowest BCUT2D eigenvalue weighted by atomic mass is 10.2. The van der Waals surface area contributed by atoms with Crippen molar-refractivity contribution in [2.24, 2.45) is 0 Å². The lowest BCUT2D eigenvalue weighted by molar-refractivity contribution is -0.140. The predicted octanol–water partition coefficient (Wildman–Crippen LogP) is 1.43. The molecule has 0 radical (unpaired) electrons. The minimum Gasteiger partial charge on any atom is -0.345 e. The van der Waals surface area contributed by atoms with Crippen LogP contribution in [-0.4, -0.2) is 23.8 Å². The fourth-order valence-corrected chi connectivity index (χ4v) is 1.79. The van der Waals surface area contributed by atoms with E-state index in [0.717, 1.165) is 12.8 Å². The van der Waals surface area contributed by atoms with Crippen molar-refractivity contribution in [3.63, 3.8) is 0 Å². The molecule has 1 aromatic carbocycles. The average molecular weight is 342 g/mol. The standard InChI is InChI=1S/C14H13Cl2N3O3/c15-10-5-1-8(7-11(10)16)2-6-12(20)18-19-14(22)13(21)17-9-3-4-9/h1-2,5-7,9H,3-4H2,(H,17,21)(H,18,20)(H,19,22)/b6-2+. The van der Waals surface area contributed by atoms with Gasteiger partial charge in [-0.05, 0) is 36.6 Å². The summed E-state index contributed by atoms with van der Waals surface area (Å²) >= 11 is 11.6. The molecular weight excluding hydrogens is 329 g/mol. The molecule has 116 valence electrons. The fourth-order valence-electron chi connectivity index (χ4n) is 1.48. The first-order valence-electron chi connectivity index (χ1n) is 6.49. The Morgan fingerprint density at radius 2 is 1.77 bits per heavy atom. The average Bonchev–Trinajstić information content (AvgIpc) is 3.29. The van der Waals surface area contributed by atoms with E-state index in [2.05, 4.69) is 10.7 Å². The Balaban J connectivity index is 1.79. The summed E-state index contributed by atoms with van der Waals surface area (Å²) in [6.07, 6.45) is 4.43. The molecule has 1 saturated carbocycles. The van der Waals surface area contributed by atoms with Crippen LogP contribution < -0.4 is 16.2 Å². The van der Waals surface area contributed by atoms with Gasteiger partial charge < -0.3 is 5.32 Å². The molecule has 6 nitrogen and oxygen atoms in total. The number of carbonyl (C=O) groups excluding carboxylic acids is 3. The van der Waals surface area contributed by atoms with Crippen LogP contribution in [0, 0.1) is 0 Å². The van der Waals surface area contributed by atoms with Gasteiger partial charge in [0.25, 0.3) is 5.91 Å². The molecule has 1 aromatic rings. The molecule has 0 atom stereocenters. The minimum absolute atomic E-state index is 0.0727. The number of hydrogen-bond acceptors (Lipinski definition) is 3. The maximum atomic E-state index is 11.5. The van der Waals surface area contributed by atoms with Crippen molar-refractivity contribution in [2.75, 3.05) is 0 Å². The Labute approximate surface area is 136 Å². The van der Waals surface area contributed by atoms with E-state index < -0.39 is 17.7 Å². The Kier molecular flexibility index (Phi) is 5.41. The second-order valence-electron chi connectivity index (χ2n) is 4.70. The first-order chi connectivity index (χ1) is 10.5. The lowest BCUT2D eigenvalue weighted by Crippen LogP contribution is -2.48. The van der Waals surface area contributed by atoms with Gasteiger partial charge in [-0.1, -0.05) is 29.3 Å². The summed E-state index contributed by atoms with van der Waals surface area (Å²) in [6, 6.07) is 4.95. The summed E-state index contributed by atoms with van der Waals surface area (Å²) in [5.74, 6) is -2.27. The Bertz CT molecular complexity index is 642. The van der Waals surface area contributed by atoms with E-state index in [0.29, 0.717) is 15.6 Å². The van der Waals surface area contributed by atoms with E-state index >= 15 is 0 Å². The molecule has 1 aliphatic rings. The maximum Gasteiger partial charge on any atom is 0.327 e. The minimum atomic E-state index is -0.914. The molecule has 2 rings (SSSR count). The van der Waals surface area contributed by atoms with E-state index in [1.807, 2.05) is 5.43 Å². The van der Waals surface area contributed by atoms with Crippen molar-refractivity contribution in [3.05, 3.63) is 39.9 Å². The second kappa shape index (κ2) is 7.29. The third-order valence-electron chi connectivity index (χ3n) is 2.79. The van der Waals surface area contributed by atoms with E-state index in [4.69, 9.17) is 23.2 Å². The molecule has 3 amide bonds. The highest BCUT2D eigenvalue weighted by atomic mass is 35.5. The highest BCUT2D eigenvalue weighted by Gasteiger charge is 2.26. The number of halogens is 2. The molecule has 0 spiro atoms. The highest BCUT2D eigenvalue weighted by Crippen LogP contribution is 2.23. The first-order valence-corrected chi connectivity index (χ1v) is 7.25. The molecule has 0 bridgehead atoms. The maximum absolute atomic E-state index is 11.5. The predicted molar refractivity (Wildman–Crippen MR) is 82.9 cm³/mol. The number of rotatable bonds is 3. The van der Waals surface area contributed by atoms with Crippen molar-refractivity contribution < 1.29 is 14.4 Å². The number of hydrogen-bond donors (Lipinski definition) is 3. The van der Waals surface area contributed by atoms with Crippen LogP contribution in [0.5, 0.6) is 0 Å². The van der Waals surface area contributed by atoms with Crippen LogP contribution in [0.25, 0.3) is 6.08 Å². The molecule has 8 heteroatoms. The number of nitrogens with one attached hydrogen (secondary N) is 3. The summed E-state index contributed by atoms with van der Waals surface area (Å²) in [7, 11) is 0. The first kappa shape index (κ1) is 16.3. The van der Waals surface area contributed by atoms with Crippen LogP contribution in [-0.2, 0) is 14.4 Å². The van der Waals surface area contributed by atoms with Crippen LogP contribution in [0.4, 0.5) is 0 Å². The van der Waals surface area contributed by atoms with Crippen LogP contribution in [0.3, 0.4) is 0 Å². The molecule has 0 heterocycles. The Morgan fingerprint density at radius 1 is 1.05 bits per heavy atom. The topological polar surface area (TPSA) is 87.3 Å². The van der Waals surface area contributed by atoms with Crippen molar-refractivity contribution in [1.82, 2.24) is 16.2 Å². The molecule has 3 N–H and O–H groups in total. The molecular formula is C14H13Cl2N3O3. The van der Waals surface area contributed by atoms with Gasteiger partial charge in [-0.3, -0.25) is 25.2 Å².